The molecule has 1 atom stereocenters. The number of methoxy groups -OCH3 is 1. The van der Waals surface area contributed by atoms with Gasteiger partial charge >= 0.3 is 6.03 Å². The predicted octanol–water partition coefficient (Wildman–Crippen LogP) is 2.20. The monoisotopic (exact) mass is 400 g/mol. The van der Waals surface area contributed by atoms with Gasteiger partial charge < -0.3 is 4.74 Å². The Balaban J connectivity index is 2.15. The number of allylic oxidation sites excluding steroid dienone is 1. The van der Waals surface area contributed by atoms with Crippen molar-refractivity contribution in [3.05, 3.63) is 22.7 Å². The van der Waals surface area contributed by atoms with E-state index in [1.54, 1.807) is 4.72 Å². The van der Waals surface area contributed by atoms with Crippen molar-refractivity contribution in [2.24, 2.45) is 0 Å². The van der Waals surface area contributed by atoms with Gasteiger partial charge in [-0.05, 0) is 5.41 Å². The molecule has 0 aliphatic carbocycles. The molecule has 2 rings (SSSR count). The van der Waals surface area contributed by atoms with E-state index in [9.17, 15) is 22.0 Å². The van der Waals surface area contributed by atoms with Crippen LogP contribution in [0.1, 0.15) is 6.42 Å². The molecule has 8 nitrogen and oxygen atoms in total. The summed E-state index contributed by atoms with van der Waals surface area (Å²) in [5.41, 5.74) is 0. The van der Waals surface area contributed by atoms with Gasteiger partial charge in [-0.1, -0.05) is 17.7 Å². The van der Waals surface area contributed by atoms with Crippen LogP contribution in [0.25, 0.3) is 0 Å². The fraction of sp³-hybridized carbons (Fsp3) is 0.364. The molecule has 0 saturated heterocycles. The van der Waals surface area contributed by atoms with Crippen molar-refractivity contribution in [1.29, 1.82) is 0 Å². The number of aromatic nitrogens is 2. The zero-order valence-corrected chi connectivity index (χ0v) is 14.4. The molecule has 0 aromatic carbocycles. The summed E-state index contributed by atoms with van der Waals surface area (Å²) < 4.78 is 54.8. The molecule has 0 radical (unpaired) electrons. The normalized spacial score (nSPS) is 20.2. The number of ether oxygens (including phenoxy) is 1. The molecule has 1 aliphatic heterocycles. The highest BCUT2D eigenvalue weighted by molar-refractivity contribution is 8.16. The lowest BCUT2D eigenvalue weighted by Crippen LogP contribution is -2.50. The van der Waals surface area contributed by atoms with Crippen molar-refractivity contribution in [3.63, 3.8) is 0 Å². The molecule has 24 heavy (non-hydrogen) atoms. The Hall–Kier alpha value is -1.66. The Morgan fingerprint density at radius 1 is 1.50 bits per heavy atom. The smallest absolute Gasteiger partial charge is 0.335 e. The van der Waals surface area contributed by atoms with Crippen LogP contribution < -0.4 is 14.8 Å². The van der Waals surface area contributed by atoms with E-state index >= 15 is 0 Å². The number of carbonyl (C=O) groups excluding carboxylic acids is 1. The molecule has 2 N–H and O–H groups in total. The first-order valence-corrected chi connectivity index (χ1v) is 8.97. The molecule has 0 spiro atoms. The number of urea groups is 1. The van der Waals surface area contributed by atoms with Gasteiger partial charge in [0.05, 0.1) is 7.11 Å². The third-order valence-electron chi connectivity index (χ3n) is 2.89. The highest BCUT2D eigenvalue weighted by Crippen LogP contribution is 2.45. The number of anilines is 1. The fourth-order valence-electron chi connectivity index (χ4n) is 1.75. The summed E-state index contributed by atoms with van der Waals surface area (Å²) in [6.45, 7) is 0. The fourth-order valence-corrected chi connectivity index (χ4v) is 4.46. The van der Waals surface area contributed by atoms with Crippen LogP contribution in [0.5, 0.6) is 5.88 Å². The van der Waals surface area contributed by atoms with Gasteiger partial charge in [0, 0.05) is 12.5 Å². The van der Waals surface area contributed by atoms with Crippen molar-refractivity contribution in [3.8, 4) is 5.88 Å². The third-order valence-corrected chi connectivity index (χ3v) is 6.81. The topological polar surface area (TPSA) is 110 Å². The van der Waals surface area contributed by atoms with E-state index in [4.69, 9.17) is 16.3 Å². The maximum Gasteiger partial charge on any atom is 0.335 e. The molecule has 1 aliphatic rings. The Morgan fingerprint density at radius 3 is 2.75 bits per heavy atom. The van der Waals surface area contributed by atoms with E-state index in [2.05, 4.69) is 9.97 Å². The first kappa shape index (κ1) is 18.7. The highest BCUT2D eigenvalue weighted by atomic mass is 35.5. The van der Waals surface area contributed by atoms with E-state index in [-0.39, 0.29) is 17.0 Å². The minimum Gasteiger partial charge on any atom is -0.481 e. The molecule has 1 unspecified atom stereocenters. The van der Waals surface area contributed by atoms with Gasteiger partial charge in [0.15, 0.2) is 0 Å². The minimum atomic E-state index is -4.70. The second-order valence-electron chi connectivity index (χ2n) is 4.42. The number of alkyl halides is 2. The van der Waals surface area contributed by atoms with Crippen LogP contribution in [0.3, 0.4) is 0 Å². The van der Waals surface area contributed by atoms with Gasteiger partial charge in [0.25, 0.3) is 16.4 Å². The number of amides is 2. The van der Waals surface area contributed by atoms with Gasteiger partial charge in [-0.3, -0.25) is 5.32 Å². The Bertz CT molecular complexity index is 767. The van der Waals surface area contributed by atoms with E-state index in [1.807, 2.05) is 5.32 Å². The first-order chi connectivity index (χ1) is 11.2. The van der Waals surface area contributed by atoms with Gasteiger partial charge in [-0.15, -0.1) is 11.8 Å². The molecule has 132 valence electrons. The van der Waals surface area contributed by atoms with Crippen LogP contribution in [0.15, 0.2) is 17.6 Å². The molecule has 0 saturated carbocycles. The molecule has 0 bridgehead atoms. The predicted molar refractivity (Wildman–Crippen MR) is 84.8 cm³/mol. The number of halogens is 3. The number of rotatable bonds is 5. The van der Waals surface area contributed by atoms with Gasteiger partial charge in [0.2, 0.25) is 15.9 Å². The summed E-state index contributed by atoms with van der Waals surface area (Å²) >= 11 is 6.11. The Kier molecular flexibility index (Phi) is 5.50. The molecule has 2 heterocycles. The first-order valence-electron chi connectivity index (χ1n) is 6.23. The van der Waals surface area contributed by atoms with Crippen molar-refractivity contribution >= 4 is 45.4 Å². The van der Waals surface area contributed by atoms with Gasteiger partial charge in [0.1, 0.15) is 5.15 Å². The summed E-state index contributed by atoms with van der Waals surface area (Å²) in [6.07, 6.45) is -2.34. The third kappa shape index (κ3) is 3.70. The van der Waals surface area contributed by atoms with Crippen LogP contribution in [-0.2, 0) is 10.0 Å². The molecule has 0 fully saturated rings. The molecule has 1 aromatic rings. The van der Waals surface area contributed by atoms with Crippen molar-refractivity contribution in [2.45, 2.75) is 16.9 Å². The number of nitrogens with one attached hydrogen (secondary N) is 2. The largest absolute Gasteiger partial charge is 0.481 e. The van der Waals surface area contributed by atoms with E-state index < -0.39 is 33.0 Å². The Labute approximate surface area is 145 Å². The van der Waals surface area contributed by atoms with E-state index in [0.717, 1.165) is 0 Å². The Morgan fingerprint density at radius 2 is 2.21 bits per heavy atom. The van der Waals surface area contributed by atoms with Gasteiger partial charge in [-0.25, -0.2) is 31.7 Å². The van der Waals surface area contributed by atoms with Crippen LogP contribution in [0.4, 0.5) is 19.5 Å². The lowest BCUT2D eigenvalue weighted by molar-refractivity contribution is 0.130. The van der Waals surface area contributed by atoms with Crippen LogP contribution in [0.2, 0.25) is 5.15 Å². The summed E-state index contributed by atoms with van der Waals surface area (Å²) in [6, 6.07) is -0.0413. The van der Waals surface area contributed by atoms with Crippen molar-refractivity contribution < 1.29 is 26.7 Å². The number of thioether (sulfide) groups is 1. The average Bonchev–Trinajstić information content (AvgIpc) is 2.97. The summed E-state index contributed by atoms with van der Waals surface area (Å²) in [5.74, 6) is -0.330. The second kappa shape index (κ2) is 7.07. The summed E-state index contributed by atoms with van der Waals surface area (Å²) in [4.78, 5) is 19.2. The molecule has 2 amide bonds. The zero-order valence-electron chi connectivity index (χ0n) is 12.0. The number of sulfonamides is 1. The van der Waals surface area contributed by atoms with Crippen LogP contribution >= 0.6 is 23.4 Å². The van der Waals surface area contributed by atoms with E-state index in [0.29, 0.717) is 11.8 Å². The second-order valence-corrected chi connectivity index (χ2v) is 8.24. The SMILES string of the molecule is COc1cc(Cl)nc(NC(=O)NS(=O)(=O)C2(C(F)F)CC=CS2)n1. The number of hydrogen-bond donors (Lipinski definition) is 2. The highest BCUT2D eigenvalue weighted by Gasteiger charge is 2.54. The van der Waals surface area contributed by atoms with E-state index in [1.165, 1.54) is 24.7 Å². The molecular formula is C11H11ClF2N4O4S2. The van der Waals surface area contributed by atoms with Crippen LogP contribution in [-0.4, -0.2) is 42.0 Å². The van der Waals surface area contributed by atoms with Crippen molar-refractivity contribution in [2.75, 3.05) is 12.4 Å². The average molecular weight is 401 g/mol. The lowest BCUT2D eigenvalue weighted by atomic mass is 10.3. The zero-order chi connectivity index (χ0) is 18.0. The lowest BCUT2D eigenvalue weighted by Gasteiger charge is -2.26. The quantitative estimate of drug-likeness (QED) is 0.729. The molecule has 13 heteroatoms. The molecule has 1 aromatic heterocycles. The number of nitrogens with zero attached hydrogens (tertiary/aromatic N) is 2. The van der Waals surface area contributed by atoms with Crippen molar-refractivity contribution in [1.82, 2.24) is 14.7 Å². The maximum atomic E-state index is 13.2. The van der Waals surface area contributed by atoms with Crippen LogP contribution in [0, 0.1) is 0 Å². The minimum absolute atomic E-state index is 0.0211. The maximum absolute atomic E-state index is 13.2. The van der Waals surface area contributed by atoms with Gasteiger partial charge in [-0.2, -0.15) is 4.98 Å². The summed E-state index contributed by atoms with van der Waals surface area (Å²) in [7, 11) is -3.40. The number of hydrogen-bond acceptors (Lipinski definition) is 7. The standard InChI is InChI=1S/C11H11ClF2N4O4S2/c1-22-7-5-6(12)15-9(16-7)17-10(19)18-24(20,21)11(8(13)14)3-2-4-23-11/h2,4-5,8H,3H2,1H3,(H2,15,16,17,18,19). The summed E-state index contributed by atoms with van der Waals surface area (Å²) in [5, 5.41) is 3.18. The number of carbonyl (C=O) groups is 1. The molecular weight excluding hydrogens is 390 g/mol.